The zero-order valence-corrected chi connectivity index (χ0v) is 12.4. The SMILES string of the molecule is CC(=NNS(=O)(=O)c1ccccc1)c1ccc([N+](=O)[O-])cc1. The first-order valence-electron chi connectivity index (χ1n) is 6.26. The maximum atomic E-state index is 12.0. The molecule has 0 bridgehead atoms. The van der Waals surface area contributed by atoms with Crippen molar-refractivity contribution in [3.8, 4) is 0 Å². The molecule has 0 saturated carbocycles. The van der Waals surface area contributed by atoms with Crippen molar-refractivity contribution in [3.05, 3.63) is 70.3 Å². The van der Waals surface area contributed by atoms with Gasteiger partial charge in [-0.15, -0.1) is 0 Å². The third kappa shape index (κ3) is 3.67. The highest BCUT2D eigenvalue weighted by Crippen LogP contribution is 2.13. The Morgan fingerprint density at radius 2 is 1.68 bits per heavy atom. The highest BCUT2D eigenvalue weighted by atomic mass is 32.2. The molecule has 0 atom stereocenters. The predicted molar refractivity (Wildman–Crippen MR) is 82.1 cm³/mol. The number of benzene rings is 2. The Bertz CT molecular complexity index is 800. The van der Waals surface area contributed by atoms with E-state index in [-0.39, 0.29) is 10.6 Å². The molecular formula is C14H13N3O4S. The van der Waals surface area contributed by atoms with Crippen LogP contribution in [0.2, 0.25) is 0 Å². The van der Waals surface area contributed by atoms with E-state index in [1.54, 1.807) is 25.1 Å². The summed E-state index contributed by atoms with van der Waals surface area (Å²) < 4.78 is 24.0. The van der Waals surface area contributed by atoms with Gasteiger partial charge in [-0.25, -0.2) is 0 Å². The van der Waals surface area contributed by atoms with Gasteiger partial charge in [0.2, 0.25) is 0 Å². The van der Waals surface area contributed by atoms with Crippen LogP contribution in [0, 0.1) is 10.1 Å². The Kier molecular flexibility index (Phi) is 4.52. The van der Waals surface area contributed by atoms with Crippen molar-refractivity contribution in [2.24, 2.45) is 5.10 Å². The number of nitro benzene ring substituents is 1. The summed E-state index contributed by atoms with van der Waals surface area (Å²) in [5.41, 5.74) is 0.942. The number of hydrazone groups is 1. The molecule has 22 heavy (non-hydrogen) atoms. The van der Waals surface area contributed by atoms with Gasteiger partial charge < -0.3 is 0 Å². The van der Waals surface area contributed by atoms with E-state index in [4.69, 9.17) is 0 Å². The fourth-order valence-corrected chi connectivity index (χ4v) is 2.55. The summed E-state index contributed by atoms with van der Waals surface area (Å²) in [6, 6.07) is 13.5. The van der Waals surface area contributed by atoms with Crippen molar-refractivity contribution in [1.82, 2.24) is 4.83 Å². The number of non-ortho nitro benzene ring substituents is 1. The zero-order chi connectivity index (χ0) is 16.2. The molecule has 0 unspecified atom stereocenters. The van der Waals surface area contributed by atoms with E-state index in [1.165, 1.54) is 36.4 Å². The number of hydrogen-bond acceptors (Lipinski definition) is 5. The summed E-state index contributed by atoms with van der Waals surface area (Å²) in [7, 11) is -3.73. The van der Waals surface area contributed by atoms with E-state index in [1.807, 2.05) is 0 Å². The average molecular weight is 319 g/mol. The summed E-state index contributed by atoms with van der Waals surface area (Å²) in [6.45, 7) is 1.61. The van der Waals surface area contributed by atoms with E-state index in [0.29, 0.717) is 11.3 Å². The van der Waals surface area contributed by atoms with Crippen LogP contribution in [-0.2, 0) is 10.0 Å². The Morgan fingerprint density at radius 3 is 2.23 bits per heavy atom. The van der Waals surface area contributed by atoms with Crippen LogP contribution in [0.3, 0.4) is 0 Å². The summed E-state index contributed by atoms with van der Waals surface area (Å²) in [6.07, 6.45) is 0. The van der Waals surface area contributed by atoms with Gasteiger partial charge in [-0.2, -0.15) is 18.4 Å². The maximum absolute atomic E-state index is 12.0. The molecule has 0 aromatic heterocycles. The van der Waals surface area contributed by atoms with E-state index in [9.17, 15) is 18.5 Å². The molecule has 2 aromatic rings. The van der Waals surface area contributed by atoms with Crippen LogP contribution >= 0.6 is 0 Å². The largest absolute Gasteiger partial charge is 0.276 e. The van der Waals surface area contributed by atoms with Gasteiger partial charge in [-0.05, 0) is 36.8 Å². The molecule has 1 N–H and O–H groups in total. The van der Waals surface area contributed by atoms with Crippen molar-refractivity contribution in [2.45, 2.75) is 11.8 Å². The number of nitro groups is 1. The molecule has 2 rings (SSSR count). The zero-order valence-electron chi connectivity index (χ0n) is 11.6. The van der Waals surface area contributed by atoms with Gasteiger partial charge in [0, 0.05) is 12.1 Å². The van der Waals surface area contributed by atoms with Crippen molar-refractivity contribution < 1.29 is 13.3 Å². The fraction of sp³-hybridized carbons (Fsp3) is 0.0714. The second-order valence-corrected chi connectivity index (χ2v) is 6.07. The summed E-state index contributed by atoms with van der Waals surface area (Å²) >= 11 is 0. The van der Waals surface area contributed by atoms with E-state index >= 15 is 0 Å². The molecule has 8 heteroatoms. The van der Waals surface area contributed by atoms with Gasteiger partial charge in [0.05, 0.1) is 15.5 Å². The molecule has 7 nitrogen and oxygen atoms in total. The number of rotatable bonds is 5. The van der Waals surface area contributed by atoms with Crippen molar-refractivity contribution >= 4 is 21.4 Å². The molecule has 0 aliphatic rings. The van der Waals surface area contributed by atoms with Crippen LogP contribution in [0.4, 0.5) is 5.69 Å². The summed E-state index contributed by atoms with van der Waals surface area (Å²) in [5.74, 6) is 0. The minimum Gasteiger partial charge on any atom is -0.258 e. The first kappa shape index (κ1) is 15.6. The average Bonchev–Trinajstić information content (AvgIpc) is 2.53. The number of nitrogens with zero attached hydrogens (tertiary/aromatic N) is 2. The lowest BCUT2D eigenvalue weighted by Crippen LogP contribution is -2.19. The quantitative estimate of drug-likeness (QED) is 0.519. The Balaban J connectivity index is 2.17. The molecule has 0 amide bonds. The second-order valence-electron chi connectivity index (χ2n) is 4.41. The lowest BCUT2D eigenvalue weighted by Gasteiger charge is -2.05. The molecule has 0 aliphatic heterocycles. The van der Waals surface area contributed by atoms with Crippen LogP contribution in [0.25, 0.3) is 0 Å². The lowest BCUT2D eigenvalue weighted by molar-refractivity contribution is -0.384. The van der Waals surface area contributed by atoms with E-state index < -0.39 is 14.9 Å². The second kappa shape index (κ2) is 6.35. The minimum absolute atomic E-state index is 0.0404. The van der Waals surface area contributed by atoms with Crippen LogP contribution in [0.1, 0.15) is 12.5 Å². The smallest absolute Gasteiger partial charge is 0.258 e. The molecule has 2 aromatic carbocycles. The van der Waals surface area contributed by atoms with Crippen LogP contribution < -0.4 is 4.83 Å². The molecule has 114 valence electrons. The van der Waals surface area contributed by atoms with Gasteiger partial charge in [-0.3, -0.25) is 10.1 Å². The van der Waals surface area contributed by atoms with E-state index in [0.717, 1.165) is 0 Å². The summed E-state index contributed by atoms with van der Waals surface area (Å²) in [4.78, 5) is 12.3. The van der Waals surface area contributed by atoms with Gasteiger partial charge >= 0.3 is 0 Å². The number of hydrogen-bond donors (Lipinski definition) is 1. The molecule has 0 heterocycles. The summed E-state index contributed by atoms with van der Waals surface area (Å²) in [5, 5.41) is 14.4. The Labute approximate surface area is 127 Å². The van der Waals surface area contributed by atoms with Crippen LogP contribution in [0.5, 0.6) is 0 Å². The third-order valence-corrected chi connectivity index (χ3v) is 4.11. The number of nitrogens with one attached hydrogen (secondary N) is 1. The fourth-order valence-electron chi connectivity index (χ4n) is 1.67. The normalized spacial score (nSPS) is 12.0. The van der Waals surface area contributed by atoms with Gasteiger partial charge in [0.1, 0.15) is 0 Å². The van der Waals surface area contributed by atoms with Crippen molar-refractivity contribution in [2.75, 3.05) is 0 Å². The lowest BCUT2D eigenvalue weighted by atomic mass is 10.1. The van der Waals surface area contributed by atoms with Crippen molar-refractivity contribution in [3.63, 3.8) is 0 Å². The van der Waals surface area contributed by atoms with Crippen LogP contribution in [0.15, 0.2) is 64.6 Å². The molecule has 0 aliphatic carbocycles. The Hall–Kier alpha value is -2.74. The van der Waals surface area contributed by atoms with Crippen molar-refractivity contribution in [1.29, 1.82) is 0 Å². The monoisotopic (exact) mass is 319 g/mol. The van der Waals surface area contributed by atoms with Gasteiger partial charge in [-0.1, -0.05) is 18.2 Å². The minimum atomic E-state index is -3.73. The molecule has 0 spiro atoms. The molecular weight excluding hydrogens is 306 g/mol. The first-order chi connectivity index (χ1) is 10.4. The van der Waals surface area contributed by atoms with Gasteiger partial charge in [0.15, 0.2) is 0 Å². The molecule has 0 radical (unpaired) electrons. The van der Waals surface area contributed by atoms with E-state index in [2.05, 4.69) is 9.93 Å². The topological polar surface area (TPSA) is 102 Å². The predicted octanol–water partition coefficient (Wildman–Crippen LogP) is 2.30. The highest BCUT2D eigenvalue weighted by Gasteiger charge is 2.12. The number of sulfonamides is 1. The Morgan fingerprint density at radius 1 is 1.09 bits per heavy atom. The molecule has 0 saturated heterocycles. The standard InChI is InChI=1S/C14H13N3O4S/c1-11(12-7-9-13(10-8-12)17(18)19)15-16-22(20,21)14-5-3-2-4-6-14/h2-10,16H,1H3. The maximum Gasteiger partial charge on any atom is 0.276 e. The van der Waals surface area contributed by atoms with Gasteiger partial charge in [0.25, 0.3) is 15.7 Å². The molecule has 0 fully saturated rings. The van der Waals surface area contributed by atoms with Crippen LogP contribution in [-0.4, -0.2) is 19.1 Å². The third-order valence-electron chi connectivity index (χ3n) is 2.88. The highest BCUT2D eigenvalue weighted by molar-refractivity contribution is 7.89. The first-order valence-corrected chi connectivity index (χ1v) is 7.74.